The largest absolute Gasteiger partial charge is 0.480 e. The second kappa shape index (κ2) is 5.97. The highest BCUT2D eigenvalue weighted by Crippen LogP contribution is 2.45. The molecule has 0 radical (unpaired) electrons. The highest BCUT2D eigenvalue weighted by molar-refractivity contribution is 6.14. The Labute approximate surface area is 123 Å². The summed E-state index contributed by atoms with van der Waals surface area (Å²) in [6.07, 6.45) is 2.79. The molecule has 0 spiro atoms. The van der Waals surface area contributed by atoms with Crippen LogP contribution in [-0.2, 0) is 23.9 Å². The molecule has 0 aromatic carbocycles. The topological polar surface area (TPSA) is 89.9 Å². The van der Waals surface area contributed by atoms with E-state index in [0.29, 0.717) is 19.3 Å². The molecule has 6 nitrogen and oxygen atoms in total. The number of ketones is 1. The molecule has 2 aliphatic rings. The summed E-state index contributed by atoms with van der Waals surface area (Å²) in [6.45, 7) is 1.69. The number of carbonyl (C=O) groups is 3. The van der Waals surface area contributed by atoms with E-state index >= 15 is 0 Å². The maximum atomic E-state index is 12.6. The molecule has 2 bridgehead atoms. The van der Waals surface area contributed by atoms with Crippen molar-refractivity contribution in [2.24, 2.45) is 11.3 Å². The Bertz CT molecular complexity index is 494. The van der Waals surface area contributed by atoms with Gasteiger partial charge in [0, 0.05) is 18.6 Å². The Morgan fingerprint density at radius 3 is 2.71 bits per heavy atom. The summed E-state index contributed by atoms with van der Waals surface area (Å²) in [7, 11) is 1.51. The molecule has 0 aromatic heterocycles. The zero-order valence-corrected chi connectivity index (χ0v) is 12.3. The predicted molar refractivity (Wildman–Crippen MR) is 72.5 cm³/mol. The summed E-state index contributed by atoms with van der Waals surface area (Å²) in [5.74, 6) is -2.83. The van der Waals surface area contributed by atoms with E-state index in [1.807, 2.05) is 0 Å². The molecule has 0 unspecified atom stereocenters. The highest BCUT2D eigenvalue weighted by Gasteiger charge is 2.57. The van der Waals surface area contributed by atoms with E-state index in [1.165, 1.54) is 7.11 Å². The molecule has 1 fully saturated rings. The summed E-state index contributed by atoms with van der Waals surface area (Å²) in [6, 6.07) is 0. The molecule has 2 aliphatic carbocycles. The van der Waals surface area contributed by atoms with Crippen molar-refractivity contribution in [1.82, 2.24) is 0 Å². The van der Waals surface area contributed by atoms with Gasteiger partial charge < -0.3 is 14.6 Å². The van der Waals surface area contributed by atoms with E-state index in [2.05, 4.69) is 0 Å². The average molecular weight is 296 g/mol. The van der Waals surface area contributed by atoms with Crippen molar-refractivity contribution in [2.75, 3.05) is 13.7 Å². The van der Waals surface area contributed by atoms with Crippen molar-refractivity contribution in [1.29, 1.82) is 0 Å². The second-order valence-electron chi connectivity index (χ2n) is 5.41. The van der Waals surface area contributed by atoms with Crippen LogP contribution in [0.5, 0.6) is 0 Å². The van der Waals surface area contributed by atoms with E-state index < -0.39 is 17.4 Å². The molecule has 0 saturated heterocycles. The number of ether oxygens (including phenoxy) is 2. The van der Waals surface area contributed by atoms with Crippen LogP contribution in [0, 0.1) is 11.3 Å². The fourth-order valence-electron chi connectivity index (χ4n) is 3.33. The molecule has 0 aliphatic heterocycles. The normalized spacial score (nSPS) is 32.1. The fourth-order valence-corrected chi connectivity index (χ4v) is 3.33. The number of esters is 1. The molecular weight excluding hydrogens is 276 g/mol. The Morgan fingerprint density at radius 2 is 2.14 bits per heavy atom. The maximum Gasteiger partial charge on any atom is 0.328 e. The number of rotatable bonds is 4. The first kappa shape index (κ1) is 15.7. The van der Waals surface area contributed by atoms with Gasteiger partial charge in [-0.3, -0.25) is 14.4 Å². The van der Waals surface area contributed by atoms with Gasteiger partial charge in [0.25, 0.3) is 0 Å². The minimum atomic E-state index is -1.89. The van der Waals surface area contributed by atoms with Gasteiger partial charge in [0.05, 0.1) is 12.7 Å². The van der Waals surface area contributed by atoms with Gasteiger partial charge in [-0.25, -0.2) is 0 Å². The summed E-state index contributed by atoms with van der Waals surface area (Å²) in [5.41, 5.74) is -1.82. The number of carboxylic acid groups (broad SMARTS) is 1. The number of carbonyl (C=O) groups excluding carboxylic acids is 2. The van der Waals surface area contributed by atoms with Crippen LogP contribution in [0.2, 0.25) is 0 Å². The van der Waals surface area contributed by atoms with Gasteiger partial charge in [0.2, 0.25) is 0 Å². The number of hydrogen-bond donors (Lipinski definition) is 1. The lowest BCUT2D eigenvalue weighted by Gasteiger charge is -2.29. The molecule has 0 heterocycles. The van der Waals surface area contributed by atoms with Gasteiger partial charge in [0.15, 0.2) is 11.2 Å². The molecule has 0 aromatic rings. The third-order valence-corrected chi connectivity index (χ3v) is 4.43. The first-order valence-electron chi connectivity index (χ1n) is 7.17. The molecule has 0 amide bonds. The lowest BCUT2D eigenvalue weighted by atomic mass is 9.72. The third kappa shape index (κ3) is 2.37. The van der Waals surface area contributed by atoms with Crippen LogP contribution in [0.4, 0.5) is 0 Å². The van der Waals surface area contributed by atoms with Crippen molar-refractivity contribution in [2.45, 2.75) is 38.7 Å². The van der Waals surface area contributed by atoms with E-state index in [0.717, 1.165) is 0 Å². The van der Waals surface area contributed by atoms with Crippen LogP contribution >= 0.6 is 0 Å². The van der Waals surface area contributed by atoms with Crippen LogP contribution in [0.3, 0.4) is 0 Å². The van der Waals surface area contributed by atoms with Crippen molar-refractivity contribution in [3.8, 4) is 0 Å². The summed E-state index contributed by atoms with van der Waals surface area (Å²) in [5, 5.41) is 9.66. The molecule has 6 heteroatoms. The van der Waals surface area contributed by atoms with Gasteiger partial charge in [-0.05, 0) is 32.6 Å². The lowest BCUT2D eigenvalue weighted by molar-refractivity contribution is -0.166. The number of allylic oxidation sites excluding steroid dienone is 1. The van der Waals surface area contributed by atoms with Crippen LogP contribution in [0.1, 0.15) is 32.6 Å². The number of carboxylic acids is 1. The lowest BCUT2D eigenvalue weighted by Crippen LogP contribution is -2.45. The van der Waals surface area contributed by atoms with Crippen molar-refractivity contribution in [3.63, 3.8) is 0 Å². The summed E-state index contributed by atoms with van der Waals surface area (Å²) >= 11 is 0. The first-order valence-corrected chi connectivity index (χ1v) is 7.17. The van der Waals surface area contributed by atoms with E-state index in [-0.39, 0.29) is 36.4 Å². The van der Waals surface area contributed by atoms with E-state index in [4.69, 9.17) is 9.47 Å². The standard InChI is InChI=1S/C15H20O6/c1-3-21-14(19)15(13(17)18)8-7-11(20-2)9-5-4-6-10(15)12(9)16/h6,9,11H,3-5,7-8H2,1-2H3,(H,17,18)/t9-,11-,15+/m1/s1. The summed E-state index contributed by atoms with van der Waals surface area (Å²) in [4.78, 5) is 36.8. The third-order valence-electron chi connectivity index (χ3n) is 4.43. The first-order chi connectivity index (χ1) is 9.98. The van der Waals surface area contributed by atoms with Crippen LogP contribution in [0.15, 0.2) is 11.6 Å². The quantitative estimate of drug-likeness (QED) is 0.622. The number of aliphatic carboxylic acids is 1. The maximum absolute atomic E-state index is 12.6. The monoisotopic (exact) mass is 296 g/mol. The van der Waals surface area contributed by atoms with Gasteiger partial charge in [-0.15, -0.1) is 0 Å². The minimum Gasteiger partial charge on any atom is -0.480 e. The van der Waals surface area contributed by atoms with E-state index in [9.17, 15) is 19.5 Å². The van der Waals surface area contributed by atoms with Crippen LogP contribution in [-0.4, -0.2) is 42.6 Å². The number of hydrogen-bond acceptors (Lipinski definition) is 5. The Morgan fingerprint density at radius 1 is 1.43 bits per heavy atom. The molecule has 1 saturated carbocycles. The molecule has 1 N–H and O–H groups in total. The Hall–Kier alpha value is -1.69. The number of fused-ring (bicyclic) bond motifs is 2. The zero-order valence-electron chi connectivity index (χ0n) is 12.3. The number of Topliss-reactive ketones (excluding diaryl/α,β-unsaturated/α-hetero) is 1. The van der Waals surface area contributed by atoms with Crippen molar-refractivity contribution >= 4 is 17.7 Å². The zero-order chi connectivity index (χ0) is 15.6. The fraction of sp³-hybridized carbons (Fsp3) is 0.667. The van der Waals surface area contributed by atoms with E-state index in [1.54, 1.807) is 13.0 Å². The molecule has 21 heavy (non-hydrogen) atoms. The molecular formula is C15H20O6. The van der Waals surface area contributed by atoms with Crippen LogP contribution < -0.4 is 0 Å². The SMILES string of the molecule is CCOC(=O)[C@@]1(C(=O)O)CC[C@@H](OC)[C@H]2CCC=C1C2=O. The van der Waals surface area contributed by atoms with Crippen molar-refractivity contribution < 1.29 is 29.0 Å². The van der Waals surface area contributed by atoms with Crippen molar-refractivity contribution in [3.05, 3.63) is 11.6 Å². The van der Waals surface area contributed by atoms with Gasteiger partial charge in [-0.2, -0.15) is 0 Å². The predicted octanol–water partition coefficient (Wildman–Crippen LogP) is 1.33. The highest BCUT2D eigenvalue weighted by atomic mass is 16.5. The smallest absolute Gasteiger partial charge is 0.328 e. The molecule has 116 valence electrons. The van der Waals surface area contributed by atoms with Gasteiger partial charge in [0.1, 0.15) is 0 Å². The molecule has 2 rings (SSSR count). The van der Waals surface area contributed by atoms with Gasteiger partial charge in [-0.1, -0.05) is 6.08 Å². The van der Waals surface area contributed by atoms with Gasteiger partial charge >= 0.3 is 11.9 Å². The second-order valence-corrected chi connectivity index (χ2v) is 5.41. The van der Waals surface area contributed by atoms with Crippen LogP contribution in [0.25, 0.3) is 0 Å². The summed E-state index contributed by atoms with van der Waals surface area (Å²) < 4.78 is 10.3. The Kier molecular flexibility index (Phi) is 4.46. The minimum absolute atomic E-state index is 0.0216. The average Bonchev–Trinajstić information content (AvgIpc) is 2.52. The Balaban J connectivity index is 2.54. The number of methoxy groups -OCH3 is 1. The molecule has 3 atom stereocenters.